The Hall–Kier alpha value is -1.88. The Bertz CT molecular complexity index is 596. The van der Waals surface area contributed by atoms with Crippen molar-refractivity contribution in [3.8, 4) is 17.0 Å². The van der Waals surface area contributed by atoms with E-state index < -0.39 is 5.97 Å². The van der Waals surface area contributed by atoms with Gasteiger partial charge in [0.05, 0.1) is 19.2 Å². The van der Waals surface area contributed by atoms with Crippen LogP contribution in [0.15, 0.2) is 17.5 Å². The molecule has 5 heteroatoms. The Morgan fingerprint density at radius 3 is 2.53 bits per heavy atom. The van der Waals surface area contributed by atoms with Crippen LogP contribution in [0.2, 0.25) is 0 Å². The number of rotatable bonds is 4. The lowest BCUT2D eigenvalue weighted by molar-refractivity contribution is -0.136. The fourth-order valence-corrected chi connectivity index (χ4v) is 2.87. The number of aryl methyl sites for hydroxylation is 2. The molecule has 1 aromatic heterocycles. The normalized spacial score (nSPS) is 10.5. The summed E-state index contributed by atoms with van der Waals surface area (Å²) >= 11 is 1.37. The number of carboxylic acid groups (broad SMARTS) is 1. The fraction of sp³-hybridized carbons (Fsp3) is 0.286. The Morgan fingerprint density at radius 1 is 1.37 bits per heavy atom. The molecule has 4 nitrogen and oxygen atoms in total. The predicted octanol–water partition coefficient (Wildman–Crippen LogP) is 3.06. The van der Waals surface area contributed by atoms with Crippen LogP contribution < -0.4 is 4.74 Å². The maximum Gasteiger partial charge on any atom is 0.310 e. The summed E-state index contributed by atoms with van der Waals surface area (Å²) < 4.78 is 5.33. The van der Waals surface area contributed by atoms with Crippen LogP contribution in [0.5, 0.6) is 5.75 Å². The van der Waals surface area contributed by atoms with Crippen LogP contribution in [0.1, 0.15) is 16.1 Å². The number of hydrogen-bond acceptors (Lipinski definition) is 4. The number of aliphatic carboxylic acids is 1. The van der Waals surface area contributed by atoms with E-state index in [-0.39, 0.29) is 6.42 Å². The second-order valence-corrected chi connectivity index (χ2v) is 5.28. The lowest BCUT2D eigenvalue weighted by Crippen LogP contribution is -1.99. The number of ether oxygens (including phenoxy) is 1. The number of nitrogens with zero attached hydrogens (tertiary/aromatic N) is 1. The average molecular weight is 277 g/mol. The monoisotopic (exact) mass is 277 g/mol. The minimum Gasteiger partial charge on any atom is -0.496 e. The van der Waals surface area contributed by atoms with Gasteiger partial charge in [0.15, 0.2) is 0 Å². The van der Waals surface area contributed by atoms with E-state index in [1.54, 1.807) is 7.11 Å². The molecule has 2 rings (SSSR count). The zero-order valence-electron chi connectivity index (χ0n) is 11.1. The summed E-state index contributed by atoms with van der Waals surface area (Å²) in [5, 5.41) is 11.3. The van der Waals surface area contributed by atoms with Crippen LogP contribution in [0, 0.1) is 13.8 Å². The molecule has 19 heavy (non-hydrogen) atoms. The largest absolute Gasteiger partial charge is 0.496 e. The number of hydrogen-bond donors (Lipinski definition) is 1. The highest BCUT2D eigenvalue weighted by atomic mass is 32.1. The summed E-state index contributed by atoms with van der Waals surface area (Å²) in [4.78, 5) is 15.0. The molecule has 1 heterocycles. The molecule has 0 amide bonds. The van der Waals surface area contributed by atoms with Gasteiger partial charge in [0.25, 0.3) is 0 Å². The first-order valence-corrected chi connectivity index (χ1v) is 6.71. The molecule has 1 aromatic carbocycles. The third-order valence-corrected chi connectivity index (χ3v) is 3.66. The lowest BCUT2D eigenvalue weighted by atomic mass is 10.0. The van der Waals surface area contributed by atoms with Gasteiger partial charge in [0.2, 0.25) is 0 Å². The summed E-state index contributed by atoms with van der Waals surface area (Å²) in [6.07, 6.45) is -0.0290. The van der Waals surface area contributed by atoms with Crippen LogP contribution >= 0.6 is 11.3 Å². The lowest BCUT2D eigenvalue weighted by Gasteiger charge is -2.10. The van der Waals surface area contributed by atoms with Gasteiger partial charge in [-0.1, -0.05) is 0 Å². The number of thiazole rings is 1. The zero-order valence-corrected chi connectivity index (χ0v) is 11.9. The molecule has 0 unspecified atom stereocenters. The van der Waals surface area contributed by atoms with Gasteiger partial charge in [-0.2, -0.15) is 0 Å². The highest BCUT2D eigenvalue weighted by molar-refractivity contribution is 7.10. The maximum atomic E-state index is 10.7. The van der Waals surface area contributed by atoms with Crippen molar-refractivity contribution in [3.05, 3.63) is 33.6 Å². The van der Waals surface area contributed by atoms with E-state index in [4.69, 9.17) is 9.84 Å². The average Bonchev–Trinajstić information content (AvgIpc) is 2.76. The molecule has 100 valence electrons. The van der Waals surface area contributed by atoms with Gasteiger partial charge in [-0.15, -0.1) is 11.3 Å². The first-order chi connectivity index (χ1) is 9.01. The van der Waals surface area contributed by atoms with Crippen molar-refractivity contribution in [2.75, 3.05) is 7.11 Å². The molecule has 0 aliphatic carbocycles. The molecule has 0 bridgehead atoms. The smallest absolute Gasteiger partial charge is 0.310 e. The minimum atomic E-state index is -0.858. The summed E-state index contributed by atoms with van der Waals surface area (Å²) in [6, 6.07) is 4.01. The van der Waals surface area contributed by atoms with Crippen molar-refractivity contribution in [1.82, 2.24) is 4.98 Å². The van der Waals surface area contributed by atoms with E-state index in [1.165, 1.54) is 11.3 Å². The molecule has 2 aromatic rings. The van der Waals surface area contributed by atoms with Crippen molar-refractivity contribution in [2.24, 2.45) is 0 Å². The molecule has 0 saturated heterocycles. The van der Waals surface area contributed by atoms with E-state index in [2.05, 4.69) is 4.98 Å². The minimum absolute atomic E-state index is 0.0290. The van der Waals surface area contributed by atoms with Gasteiger partial charge in [-0.25, -0.2) is 4.98 Å². The van der Waals surface area contributed by atoms with Crippen LogP contribution in [0.4, 0.5) is 0 Å². The Morgan fingerprint density at radius 2 is 2.00 bits per heavy atom. The highest BCUT2D eigenvalue weighted by Crippen LogP contribution is 2.30. The van der Waals surface area contributed by atoms with Gasteiger partial charge >= 0.3 is 5.97 Å². The molecule has 0 aliphatic heterocycles. The third kappa shape index (κ3) is 2.93. The van der Waals surface area contributed by atoms with Gasteiger partial charge in [0.1, 0.15) is 10.8 Å². The summed E-state index contributed by atoms with van der Waals surface area (Å²) in [7, 11) is 1.66. The van der Waals surface area contributed by atoms with Gasteiger partial charge in [-0.05, 0) is 37.1 Å². The van der Waals surface area contributed by atoms with E-state index in [9.17, 15) is 4.79 Å². The van der Waals surface area contributed by atoms with E-state index >= 15 is 0 Å². The molecule has 0 saturated carbocycles. The van der Waals surface area contributed by atoms with Gasteiger partial charge in [0, 0.05) is 10.9 Å². The Labute approximate surface area is 115 Å². The second-order valence-electron chi connectivity index (χ2n) is 4.34. The van der Waals surface area contributed by atoms with Crippen molar-refractivity contribution < 1.29 is 14.6 Å². The zero-order chi connectivity index (χ0) is 14.0. The number of methoxy groups -OCH3 is 1. The summed E-state index contributed by atoms with van der Waals surface area (Å²) in [5.41, 5.74) is 3.90. The second kappa shape index (κ2) is 5.40. The van der Waals surface area contributed by atoms with Crippen molar-refractivity contribution in [2.45, 2.75) is 20.3 Å². The van der Waals surface area contributed by atoms with Crippen molar-refractivity contribution in [3.63, 3.8) is 0 Å². The Kier molecular flexibility index (Phi) is 3.85. The van der Waals surface area contributed by atoms with Crippen molar-refractivity contribution in [1.29, 1.82) is 0 Å². The first-order valence-electron chi connectivity index (χ1n) is 5.83. The molecule has 0 atom stereocenters. The molecular formula is C14H15NO3S. The molecule has 0 radical (unpaired) electrons. The fourth-order valence-electron chi connectivity index (χ4n) is 2.07. The van der Waals surface area contributed by atoms with Crippen molar-refractivity contribution >= 4 is 17.3 Å². The van der Waals surface area contributed by atoms with Crippen LogP contribution in [-0.2, 0) is 11.2 Å². The molecule has 0 aliphatic rings. The number of carbonyl (C=O) groups is 1. The molecule has 1 N–H and O–H groups in total. The van der Waals surface area contributed by atoms with E-state index in [0.29, 0.717) is 5.01 Å². The number of benzene rings is 1. The molecule has 0 spiro atoms. The number of carboxylic acids is 1. The van der Waals surface area contributed by atoms with Crippen LogP contribution in [0.3, 0.4) is 0 Å². The van der Waals surface area contributed by atoms with E-state index in [0.717, 1.165) is 28.1 Å². The summed E-state index contributed by atoms with van der Waals surface area (Å²) in [5.74, 6) is 0.0210. The Balaban J connectivity index is 2.37. The molecule has 0 fully saturated rings. The topological polar surface area (TPSA) is 59.4 Å². The summed E-state index contributed by atoms with van der Waals surface area (Å²) in [6.45, 7) is 3.97. The highest BCUT2D eigenvalue weighted by Gasteiger charge is 2.11. The molecular weight excluding hydrogens is 262 g/mol. The standard InChI is InChI=1S/C14H15NO3S/c1-8-4-10(5-9(2)14(8)18-3)11-7-19-12(15-11)6-13(16)17/h4-5,7H,6H2,1-3H3,(H,16,17). The quantitative estimate of drug-likeness (QED) is 0.933. The first kappa shape index (κ1) is 13.5. The maximum absolute atomic E-state index is 10.7. The predicted molar refractivity (Wildman–Crippen MR) is 74.9 cm³/mol. The van der Waals surface area contributed by atoms with Gasteiger partial charge in [-0.3, -0.25) is 4.79 Å². The third-order valence-electron chi connectivity index (χ3n) is 2.81. The SMILES string of the molecule is COc1c(C)cc(-c2csc(CC(=O)O)n2)cc1C. The van der Waals surface area contributed by atoms with Crippen LogP contribution in [-0.4, -0.2) is 23.2 Å². The number of aromatic nitrogens is 1. The van der Waals surface area contributed by atoms with Crippen LogP contribution in [0.25, 0.3) is 11.3 Å². The van der Waals surface area contributed by atoms with Gasteiger partial charge < -0.3 is 9.84 Å². The van der Waals surface area contributed by atoms with E-state index in [1.807, 2.05) is 31.4 Å².